The number of hydrogen-bond acceptors (Lipinski definition) is 5. The number of aromatic nitrogens is 1. The first-order valence-corrected chi connectivity index (χ1v) is 9.34. The molecule has 1 aromatic heterocycles. The van der Waals surface area contributed by atoms with Gasteiger partial charge < -0.3 is 19.1 Å². The van der Waals surface area contributed by atoms with Crippen LogP contribution in [-0.4, -0.2) is 48.7 Å². The number of methoxy groups -OCH3 is 1. The van der Waals surface area contributed by atoms with Gasteiger partial charge in [0.2, 0.25) is 0 Å². The predicted octanol–water partition coefficient (Wildman–Crippen LogP) is 2.79. The van der Waals surface area contributed by atoms with Gasteiger partial charge in [0.25, 0.3) is 5.91 Å². The quantitative estimate of drug-likeness (QED) is 0.785. The summed E-state index contributed by atoms with van der Waals surface area (Å²) in [6.07, 6.45) is 5.77. The number of amides is 1. The van der Waals surface area contributed by atoms with Crippen LogP contribution in [0.25, 0.3) is 0 Å². The highest BCUT2D eigenvalue weighted by Crippen LogP contribution is 2.40. The lowest BCUT2D eigenvalue weighted by molar-refractivity contribution is -0.132. The summed E-state index contributed by atoms with van der Waals surface area (Å²) in [6, 6.07) is 11.1. The molecule has 142 valence electrons. The van der Waals surface area contributed by atoms with Crippen molar-refractivity contribution in [2.45, 2.75) is 18.9 Å². The minimum Gasteiger partial charge on any atom is -0.497 e. The third-order valence-corrected chi connectivity index (χ3v) is 5.49. The van der Waals surface area contributed by atoms with Crippen LogP contribution in [0.15, 0.2) is 48.8 Å². The van der Waals surface area contributed by atoms with Crippen LogP contribution in [0.1, 0.15) is 12.8 Å². The average Bonchev–Trinajstić information content (AvgIpc) is 3.29. The Bertz CT molecular complexity index is 766. The number of fused-ring (bicyclic) bond motifs is 1. The van der Waals surface area contributed by atoms with E-state index in [0.29, 0.717) is 17.6 Å². The Morgan fingerprint density at radius 1 is 1.11 bits per heavy atom. The molecule has 2 aromatic rings. The summed E-state index contributed by atoms with van der Waals surface area (Å²) >= 11 is 0. The zero-order valence-corrected chi connectivity index (χ0v) is 15.4. The largest absolute Gasteiger partial charge is 0.497 e. The first-order valence-electron chi connectivity index (χ1n) is 9.34. The van der Waals surface area contributed by atoms with E-state index in [1.54, 1.807) is 19.5 Å². The molecule has 0 bridgehead atoms. The Hall–Kier alpha value is -2.76. The molecule has 1 saturated heterocycles. The molecule has 2 aliphatic rings. The lowest BCUT2D eigenvalue weighted by Gasteiger charge is -2.22. The highest BCUT2D eigenvalue weighted by atomic mass is 16.5. The van der Waals surface area contributed by atoms with Crippen LogP contribution in [0.2, 0.25) is 0 Å². The topological polar surface area (TPSA) is 60.9 Å². The minimum atomic E-state index is 0.0281. The molecular weight excluding hydrogens is 344 g/mol. The smallest absolute Gasteiger partial charge is 0.260 e. The van der Waals surface area contributed by atoms with Gasteiger partial charge >= 0.3 is 0 Å². The van der Waals surface area contributed by atoms with Gasteiger partial charge in [-0.2, -0.15) is 0 Å². The van der Waals surface area contributed by atoms with Gasteiger partial charge in [-0.1, -0.05) is 0 Å². The number of likely N-dealkylation sites (tertiary alicyclic amines) is 1. The van der Waals surface area contributed by atoms with Crippen molar-refractivity contribution < 1.29 is 19.0 Å². The molecule has 0 radical (unpaired) electrons. The molecule has 1 aromatic carbocycles. The molecule has 27 heavy (non-hydrogen) atoms. The molecule has 1 aliphatic carbocycles. The van der Waals surface area contributed by atoms with Crippen LogP contribution in [0.5, 0.6) is 17.2 Å². The number of ether oxygens (including phenoxy) is 3. The van der Waals surface area contributed by atoms with E-state index in [-0.39, 0.29) is 18.6 Å². The summed E-state index contributed by atoms with van der Waals surface area (Å²) < 4.78 is 16.9. The fourth-order valence-electron chi connectivity index (χ4n) is 4.07. The van der Waals surface area contributed by atoms with Crippen molar-refractivity contribution >= 4 is 5.91 Å². The first kappa shape index (κ1) is 17.6. The summed E-state index contributed by atoms with van der Waals surface area (Å²) in [5.41, 5.74) is 0. The van der Waals surface area contributed by atoms with E-state index >= 15 is 0 Å². The van der Waals surface area contributed by atoms with E-state index < -0.39 is 0 Å². The Labute approximate surface area is 159 Å². The summed E-state index contributed by atoms with van der Waals surface area (Å²) in [5.74, 6) is 3.16. The second-order valence-electron chi connectivity index (χ2n) is 7.11. The molecule has 2 heterocycles. The van der Waals surface area contributed by atoms with E-state index in [9.17, 15) is 4.79 Å². The molecule has 0 spiro atoms. The van der Waals surface area contributed by atoms with E-state index in [2.05, 4.69) is 4.98 Å². The molecule has 6 nitrogen and oxygen atoms in total. The molecular formula is C21H24N2O4. The number of benzene rings is 1. The van der Waals surface area contributed by atoms with Gasteiger partial charge in [-0.05, 0) is 55.2 Å². The predicted molar refractivity (Wildman–Crippen MR) is 99.9 cm³/mol. The lowest BCUT2D eigenvalue weighted by Crippen LogP contribution is -2.35. The zero-order valence-electron chi connectivity index (χ0n) is 15.4. The number of nitrogens with zero attached hydrogens (tertiary/aromatic N) is 2. The minimum absolute atomic E-state index is 0.0281. The van der Waals surface area contributed by atoms with Crippen molar-refractivity contribution in [2.75, 3.05) is 26.8 Å². The SMILES string of the molecule is COc1ccc(OCC(=O)N2C[C@H]3CC[C@H](Oc4cccnc4)[C@H]3C2)cc1. The fraction of sp³-hybridized carbons (Fsp3) is 0.429. The zero-order chi connectivity index (χ0) is 18.6. The average molecular weight is 368 g/mol. The molecule has 6 heteroatoms. The van der Waals surface area contributed by atoms with Crippen LogP contribution in [-0.2, 0) is 4.79 Å². The van der Waals surface area contributed by atoms with Crippen LogP contribution in [0, 0.1) is 11.8 Å². The molecule has 2 fully saturated rings. The summed E-state index contributed by atoms with van der Waals surface area (Å²) in [7, 11) is 1.62. The van der Waals surface area contributed by atoms with Gasteiger partial charge in [0, 0.05) is 25.2 Å². The Kier molecular flexibility index (Phi) is 5.14. The fourth-order valence-corrected chi connectivity index (χ4v) is 4.07. The number of hydrogen-bond donors (Lipinski definition) is 0. The molecule has 3 atom stereocenters. The Morgan fingerprint density at radius 3 is 2.67 bits per heavy atom. The lowest BCUT2D eigenvalue weighted by atomic mass is 9.99. The van der Waals surface area contributed by atoms with Gasteiger partial charge in [-0.15, -0.1) is 0 Å². The standard InChI is InChI=1S/C21H24N2O4/c1-25-16-5-7-17(8-6-16)26-14-21(24)23-12-15-4-9-20(19(15)13-23)27-18-3-2-10-22-11-18/h2-3,5-8,10-11,15,19-20H,4,9,12-14H2,1H3/t15-,19+,20+/m1/s1. The Morgan fingerprint density at radius 2 is 1.93 bits per heavy atom. The van der Waals surface area contributed by atoms with Gasteiger partial charge in [-0.25, -0.2) is 0 Å². The monoisotopic (exact) mass is 368 g/mol. The Balaban J connectivity index is 1.30. The maximum atomic E-state index is 12.6. The molecule has 0 unspecified atom stereocenters. The highest BCUT2D eigenvalue weighted by molar-refractivity contribution is 5.78. The van der Waals surface area contributed by atoms with Gasteiger partial charge in [0.1, 0.15) is 23.4 Å². The maximum absolute atomic E-state index is 12.6. The maximum Gasteiger partial charge on any atom is 0.260 e. The van der Waals surface area contributed by atoms with E-state index in [0.717, 1.165) is 37.4 Å². The summed E-state index contributed by atoms with van der Waals surface area (Å²) in [6.45, 7) is 1.59. The van der Waals surface area contributed by atoms with Gasteiger partial charge in [0.05, 0.1) is 13.3 Å². The number of rotatable bonds is 6. The number of pyridine rings is 1. The third kappa shape index (κ3) is 3.99. The second-order valence-corrected chi connectivity index (χ2v) is 7.11. The molecule has 0 N–H and O–H groups in total. The molecule has 1 saturated carbocycles. The van der Waals surface area contributed by atoms with Crippen molar-refractivity contribution in [3.8, 4) is 17.2 Å². The number of carbonyl (C=O) groups excluding carboxylic acids is 1. The van der Waals surface area contributed by atoms with Crippen LogP contribution in [0.3, 0.4) is 0 Å². The first-order chi connectivity index (χ1) is 13.2. The van der Waals surface area contributed by atoms with Crippen LogP contribution >= 0.6 is 0 Å². The molecule has 4 rings (SSSR count). The normalized spacial score (nSPS) is 23.7. The van der Waals surface area contributed by atoms with E-state index in [4.69, 9.17) is 14.2 Å². The van der Waals surface area contributed by atoms with Crippen molar-refractivity contribution in [1.29, 1.82) is 0 Å². The van der Waals surface area contributed by atoms with Crippen LogP contribution < -0.4 is 14.2 Å². The molecule has 1 aliphatic heterocycles. The van der Waals surface area contributed by atoms with Crippen LogP contribution in [0.4, 0.5) is 0 Å². The van der Waals surface area contributed by atoms with Gasteiger partial charge in [0.15, 0.2) is 6.61 Å². The van der Waals surface area contributed by atoms with Crippen molar-refractivity contribution in [2.24, 2.45) is 11.8 Å². The second kappa shape index (κ2) is 7.86. The van der Waals surface area contributed by atoms with Crippen molar-refractivity contribution in [1.82, 2.24) is 9.88 Å². The van der Waals surface area contributed by atoms with E-state index in [1.807, 2.05) is 41.3 Å². The molecule has 1 amide bonds. The third-order valence-electron chi connectivity index (χ3n) is 5.49. The van der Waals surface area contributed by atoms with E-state index in [1.165, 1.54) is 0 Å². The van der Waals surface area contributed by atoms with Crippen molar-refractivity contribution in [3.05, 3.63) is 48.8 Å². The summed E-state index contributed by atoms with van der Waals surface area (Å²) in [5, 5.41) is 0. The van der Waals surface area contributed by atoms with Gasteiger partial charge in [-0.3, -0.25) is 9.78 Å². The highest BCUT2D eigenvalue weighted by Gasteiger charge is 2.45. The van der Waals surface area contributed by atoms with Crippen molar-refractivity contribution in [3.63, 3.8) is 0 Å². The number of carbonyl (C=O) groups is 1. The summed E-state index contributed by atoms with van der Waals surface area (Å²) in [4.78, 5) is 18.6.